The van der Waals surface area contributed by atoms with E-state index in [2.05, 4.69) is 86.8 Å². The monoisotopic (exact) mass is 879 g/mol. The topological polar surface area (TPSA) is 149 Å². The molecular formula is C50H87O10P. The quantitative estimate of drug-likeness (QED) is 0.0234. The molecule has 3 N–H and O–H groups in total. The Balaban J connectivity index is 4.30. The van der Waals surface area contributed by atoms with Crippen molar-refractivity contribution in [1.82, 2.24) is 0 Å². The van der Waals surface area contributed by atoms with Crippen LogP contribution >= 0.6 is 7.82 Å². The number of unbranched alkanes of at least 4 members (excludes halogenated alkanes) is 18. The highest BCUT2D eigenvalue weighted by molar-refractivity contribution is 7.47. The lowest BCUT2D eigenvalue weighted by Crippen LogP contribution is -2.29. The molecule has 0 bridgehead atoms. The van der Waals surface area contributed by atoms with Gasteiger partial charge in [-0.25, -0.2) is 4.57 Å². The molecule has 0 aromatic rings. The first-order valence-corrected chi connectivity index (χ1v) is 25.4. The molecule has 0 amide bonds. The van der Waals surface area contributed by atoms with Crippen molar-refractivity contribution >= 4 is 19.8 Å². The van der Waals surface area contributed by atoms with Gasteiger partial charge in [0.2, 0.25) is 0 Å². The van der Waals surface area contributed by atoms with Gasteiger partial charge >= 0.3 is 19.8 Å². The van der Waals surface area contributed by atoms with Crippen LogP contribution in [0.4, 0.5) is 0 Å². The second kappa shape index (κ2) is 45.4. The maximum Gasteiger partial charge on any atom is 0.472 e. The summed E-state index contributed by atoms with van der Waals surface area (Å²) in [5.41, 5.74) is 0. The number of rotatable bonds is 44. The van der Waals surface area contributed by atoms with Gasteiger partial charge in [0.1, 0.15) is 12.7 Å². The van der Waals surface area contributed by atoms with Crippen molar-refractivity contribution < 1.29 is 47.8 Å². The van der Waals surface area contributed by atoms with E-state index in [4.69, 9.17) is 23.6 Å². The molecule has 61 heavy (non-hydrogen) atoms. The summed E-state index contributed by atoms with van der Waals surface area (Å²) in [7, 11) is -4.63. The van der Waals surface area contributed by atoms with Crippen molar-refractivity contribution in [3.63, 3.8) is 0 Å². The third kappa shape index (κ3) is 45.3. The lowest BCUT2D eigenvalue weighted by atomic mass is 10.1. The molecule has 0 aliphatic heterocycles. The van der Waals surface area contributed by atoms with E-state index in [0.29, 0.717) is 12.8 Å². The normalized spacial score (nSPS) is 14.4. The molecule has 3 atom stereocenters. The maximum absolute atomic E-state index is 12.7. The van der Waals surface area contributed by atoms with Gasteiger partial charge in [-0.2, -0.15) is 0 Å². The van der Waals surface area contributed by atoms with Crippen LogP contribution in [0, 0.1) is 0 Å². The van der Waals surface area contributed by atoms with Gasteiger partial charge in [-0.15, -0.1) is 0 Å². The van der Waals surface area contributed by atoms with Crippen LogP contribution in [0.2, 0.25) is 0 Å². The fraction of sp³-hybridized carbons (Fsp3) is 0.720. The fourth-order valence-electron chi connectivity index (χ4n) is 6.19. The molecule has 0 heterocycles. The molecule has 0 saturated carbocycles. The Hall–Kier alpha value is -2.59. The zero-order valence-corrected chi connectivity index (χ0v) is 39.3. The Kier molecular flexibility index (Phi) is 43.5. The van der Waals surface area contributed by atoms with Gasteiger partial charge in [0.05, 0.1) is 19.8 Å². The molecule has 11 heteroatoms. The molecule has 0 spiro atoms. The van der Waals surface area contributed by atoms with Crippen LogP contribution in [0.15, 0.2) is 72.9 Å². The largest absolute Gasteiger partial charge is 0.472 e. The summed E-state index contributed by atoms with van der Waals surface area (Å²) in [5.74, 6) is -0.967. The zero-order chi connectivity index (χ0) is 44.8. The fourth-order valence-corrected chi connectivity index (χ4v) is 6.98. The Bertz CT molecular complexity index is 1240. The molecule has 0 aliphatic carbocycles. The SMILES string of the molecule is CC/C=C/C/C=C/C/C=C/C/C=C/C/C=C/CCCCCC(=O)OC[C@H](COP(=O)(O)OC[C@@H](O)CO)OC(=O)CCCCCCCCCCC/C=C/CCCCCCCC. The first kappa shape index (κ1) is 58.4. The van der Waals surface area contributed by atoms with Gasteiger partial charge in [-0.3, -0.25) is 18.6 Å². The van der Waals surface area contributed by atoms with Crippen molar-refractivity contribution in [3.8, 4) is 0 Å². The van der Waals surface area contributed by atoms with Crippen molar-refractivity contribution in [2.24, 2.45) is 0 Å². The smallest absolute Gasteiger partial charge is 0.462 e. The summed E-state index contributed by atoms with van der Waals surface area (Å²) in [6, 6.07) is 0. The summed E-state index contributed by atoms with van der Waals surface area (Å²) in [6.07, 6.45) is 52.9. The summed E-state index contributed by atoms with van der Waals surface area (Å²) < 4.78 is 32.8. The van der Waals surface area contributed by atoms with E-state index in [1.54, 1.807) is 0 Å². The third-order valence-corrected chi connectivity index (χ3v) is 10.8. The number of carbonyl (C=O) groups excluding carboxylic acids is 2. The molecule has 0 rings (SSSR count). The Morgan fingerprint density at radius 1 is 0.508 bits per heavy atom. The minimum atomic E-state index is -4.63. The van der Waals surface area contributed by atoms with Gasteiger partial charge in [-0.05, 0) is 83.5 Å². The molecule has 10 nitrogen and oxygen atoms in total. The molecule has 0 saturated heterocycles. The Morgan fingerprint density at radius 2 is 0.902 bits per heavy atom. The second-order valence-corrected chi connectivity index (χ2v) is 17.2. The molecule has 0 aromatic heterocycles. The van der Waals surface area contributed by atoms with Gasteiger partial charge in [0.15, 0.2) is 6.10 Å². The van der Waals surface area contributed by atoms with Crippen LogP contribution in [-0.2, 0) is 32.7 Å². The van der Waals surface area contributed by atoms with E-state index in [1.165, 1.54) is 83.5 Å². The lowest BCUT2D eigenvalue weighted by molar-refractivity contribution is -0.161. The summed E-state index contributed by atoms with van der Waals surface area (Å²) >= 11 is 0. The number of hydrogen-bond acceptors (Lipinski definition) is 9. The number of aliphatic hydroxyl groups is 2. The third-order valence-electron chi connectivity index (χ3n) is 9.84. The molecule has 352 valence electrons. The number of hydrogen-bond donors (Lipinski definition) is 3. The van der Waals surface area contributed by atoms with E-state index in [-0.39, 0.29) is 19.4 Å². The number of ether oxygens (including phenoxy) is 2. The number of phosphoric ester groups is 1. The zero-order valence-electron chi connectivity index (χ0n) is 38.4. The Morgan fingerprint density at radius 3 is 1.39 bits per heavy atom. The highest BCUT2D eigenvalue weighted by atomic mass is 31.2. The Labute approximate surface area is 371 Å². The standard InChI is InChI=1S/C50H87O10P/c1-3-5-7-9-11-13-15-17-19-21-23-25-27-29-31-33-35-37-39-41-49(53)57-45-48(46-59-61(55,56)58-44-47(52)43-51)60-50(54)42-40-38-36-34-32-30-28-26-24-22-20-18-16-14-12-10-8-6-4-2/h5,7,11,13,17-20,23,25,29,31,47-48,51-52H,3-4,6,8-10,12,14-16,21-22,24,26-28,30,32-46H2,1-2H3,(H,55,56)/b7-5+,13-11+,19-17+,20-18+,25-23+,31-29+/t47-,48+/m0/s1. The highest BCUT2D eigenvalue weighted by Crippen LogP contribution is 2.43. The molecule has 0 aliphatic rings. The van der Waals surface area contributed by atoms with Crippen LogP contribution in [0.1, 0.15) is 194 Å². The summed E-state index contributed by atoms with van der Waals surface area (Å²) in [5, 5.41) is 18.4. The van der Waals surface area contributed by atoms with Crippen LogP contribution in [0.3, 0.4) is 0 Å². The average molecular weight is 879 g/mol. The summed E-state index contributed by atoms with van der Waals surface area (Å²) in [6.45, 7) is 2.23. The van der Waals surface area contributed by atoms with Crippen LogP contribution in [-0.4, -0.2) is 65.7 Å². The number of phosphoric acid groups is 1. The van der Waals surface area contributed by atoms with E-state index in [9.17, 15) is 24.2 Å². The van der Waals surface area contributed by atoms with E-state index in [1.807, 2.05) is 0 Å². The van der Waals surface area contributed by atoms with Gasteiger partial charge in [0, 0.05) is 12.8 Å². The molecule has 1 unspecified atom stereocenters. The molecular weight excluding hydrogens is 792 g/mol. The first-order chi connectivity index (χ1) is 29.7. The number of carbonyl (C=O) groups is 2. The minimum absolute atomic E-state index is 0.171. The van der Waals surface area contributed by atoms with Crippen molar-refractivity contribution in [2.75, 3.05) is 26.4 Å². The van der Waals surface area contributed by atoms with Crippen molar-refractivity contribution in [2.45, 2.75) is 206 Å². The maximum atomic E-state index is 12.7. The van der Waals surface area contributed by atoms with Crippen molar-refractivity contribution in [1.29, 1.82) is 0 Å². The van der Waals surface area contributed by atoms with E-state index in [0.717, 1.165) is 70.6 Å². The van der Waals surface area contributed by atoms with E-state index < -0.39 is 51.8 Å². The lowest BCUT2D eigenvalue weighted by Gasteiger charge is -2.20. The van der Waals surface area contributed by atoms with Crippen LogP contribution in [0.5, 0.6) is 0 Å². The van der Waals surface area contributed by atoms with Crippen molar-refractivity contribution in [3.05, 3.63) is 72.9 Å². The molecule has 0 fully saturated rings. The first-order valence-electron chi connectivity index (χ1n) is 23.9. The predicted molar refractivity (Wildman–Crippen MR) is 251 cm³/mol. The number of esters is 2. The number of aliphatic hydroxyl groups excluding tert-OH is 2. The van der Waals surface area contributed by atoms with Gasteiger partial charge in [-0.1, -0.05) is 170 Å². The highest BCUT2D eigenvalue weighted by Gasteiger charge is 2.27. The van der Waals surface area contributed by atoms with Crippen LogP contribution in [0.25, 0.3) is 0 Å². The second-order valence-electron chi connectivity index (χ2n) is 15.7. The van der Waals surface area contributed by atoms with E-state index >= 15 is 0 Å². The summed E-state index contributed by atoms with van der Waals surface area (Å²) in [4.78, 5) is 35.1. The predicted octanol–water partition coefficient (Wildman–Crippen LogP) is 13.2. The average Bonchev–Trinajstić information content (AvgIpc) is 3.25. The minimum Gasteiger partial charge on any atom is -0.462 e. The van der Waals surface area contributed by atoms with Gasteiger partial charge in [0.25, 0.3) is 0 Å². The number of allylic oxidation sites excluding steroid dienone is 12. The molecule has 0 radical (unpaired) electrons. The van der Waals surface area contributed by atoms with Crippen LogP contribution < -0.4 is 0 Å². The van der Waals surface area contributed by atoms with Gasteiger partial charge < -0.3 is 24.6 Å². The molecule has 0 aromatic carbocycles.